The van der Waals surface area contributed by atoms with Crippen LogP contribution >= 0.6 is 0 Å². The molecule has 0 aliphatic rings. The van der Waals surface area contributed by atoms with Crippen LogP contribution in [0.1, 0.15) is 26.3 Å². The van der Waals surface area contributed by atoms with Gasteiger partial charge in [0.1, 0.15) is 0 Å². The summed E-state index contributed by atoms with van der Waals surface area (Å²) in [6.45, 7) is 1.92. The molecule has 2 aromatic rings. The fourth-order valence-corrected chi connectivity index (χ4v) is 2.36. The third-order valence-electron chi connectivity index (χ3n) is 3.44. The summed E-state index contributed by atoms with van der Waals surface area (Å²) in [5.74, 6) is -1.01. The van der Waals surface area contributed by atoms with E-state index in [0.717, 1.165) is 17.4 Å². The van der Waals surface area contributed by atoms with E-state index >= 15 is 0 Å². The molecule has 0 saturated heterocycles. The number of aryl methyl sites for hydroxylation is 1. The van der Waals surface area contributed by atoms with Crippen molar-refractivity contribution in [3.8, 4) is 11.1 Å². The third kappa shape index (κ3) is 2.79. The van der Waals surface area contributed by atoms with Gasteiger partial charge in [-0.1, -0.05) is 24.3 Å². The number of carboxylic acid groups (broad SMARTS) is 1. The summed E-state index contributed by atoms with van der Waals surface area (Å²) in [6.07, 6.45) is 0.753. The summed E-state index contributed by atoms with van der Waals surface area (Å²) in [6, 6.07) is 10.7. The number of benzene rings is 2. The maximum Gasteiger partial charge on any atom is 0.336 e. The number of anilines is 1. The number of carbonyl (C=O) groups excluding carboxylic acids is 1. The lowest BCUT2D eigenvalue weighted by Crippen LogP contribution is -2.13. The Hall–Kier alpha value is -2.62. The van der Waals surface area contributed by atoms with Crippen molar-refractivity contribution in [2.75, 3.05) is 19.0 Å². The van der Waals surface area contributed by atoms with Crippen LogP contribution < -0.4 is 4.90 Å². The first-order chi connectivity index (χ1) is 9.95. The highest BCUT2D eigenvalue weighted by Gasteiger charge is 2.18. The van der Waals surface area contributed by atoms with E-state index in [0.29, 0.717) is 16.8 Å². The van der Waals surface area contributed by atoms with E-state index in [4.69, 9.17) is 0 Å². The standard InChI is InChI=1S/C17H17NO3/c1-11-6-4-5-7-13(11)14-8-12(10-19)16(18(2)3)9-15(14)17(20)21/h4-10H,1-3H3,(H,20,21). The molecule has 0 aliphatic heterocycles. The monoisotopic (exact) mass is 283 g/mol. The van der Waals surface area contributed by atoms with Gasteiger partial charge < -0.3 is 10.0 Å². The molecule has 108 valence electrons. The lowest BCUT2D eigenvalue weighted by molar-refractivity contribution is 0.0697. The molecule has 0 radical (unpaired) electrons. The van der Waals surface area contributed by atoms with E-state index in [9.17, 15) is 14.7 Å². The van der Waals surface area contributed by atoms with Crippen LogP contribution in [0.2, 0.25) is 0 Å². The number of carbonyl (C=O) groups is 2. The molecule has 0 spiro atoms. The Morgan fingerprint density at radius 2 is 1.81 bits per heavy atom. The molecule has 4 heteroatoms. The number of hydrogen-bond donors (Lipinski definition) is 1. The van der Waals surface area contributed by atoms with Crippen LogP contribution in [0.4, 0.5) is 5.69 Å². The molecule has 1 N–H and O–H groups in total. The second kappa shape index (κ2) is 5.79. The Balaban J connectivity index is 2.79. The SMILES string of the molecule is Cc1ccccc1-c1cc(C=O)c(N(C)C)cc1C(=O)O. The Bertz CT molecular complexity index is 705. The Morgan fingerprint density at radius 1 is 1.14 bits per heavy atom. The van der Waals surface area contributed by atoms with Crippen molar-refractivity contribution in [3.63, 3.8) is 0 Å². The minimum atomic E-state index is -1.01. The van der Waals surface area contributed by atoms with Gasteiger partial charge in [-0.2, -0.15) is 0 Å². The molecule has 0 fully saturated rings. The largest absolute Gasteiger partial charge is 0.478 e. The highest BCUT2D eigenvalue weighted by molar-refractivity contribution is 6.01. The lowest BCUT2D eigenvalue weighted by Gasteiger charge is -2.18. The quantitative estimate of drug-likeness (QED) is 0.875. The van der Waals surface area contributed by atoms with E-state index < -0.39 is 5.97 Å². The van der Waals surface area contributed by atoms with Crippen molar-refractivity contribution in [1.29, 1.82) is 0 Å². The first-order valence-corrected chi connectivity index (χ1v) is 6.55. The Kier molecular flexibility index (Phi) is 4.08. The van der Waals surface area contributed by atoms with Gasteiger partial charge in [0, 0.05) is 25.3 Å². The van der Waals surface area contributed by atoms with Gasteiger partial charge in [0.2, 0.25) is 0 Å². The third-order valence-corrected chi connectivity index (χ3v) is 3.44. The molecule has 0 heterocycles. The molecule has 2 rings (SSSR count). The fourth-order valence-electron chi connectivity index (χ4n) is 2.36. The maximum absolute atomic E-state index is 11.6. The fraction of sp³-hybridized carbons (Fsp3) is 0.176. The van der Waals surface area contributed by atoms with Gasteiger partial charge in [0.15, 0.2) is 6.29 Å². The van der Waals surface area contributed by atoms with Gasteiger partial charge in [-0.05, 0) is 35.7 Å². The van der Waals surface area contributed by atoms with E-state index in [-0.39, 0.29) is 5.56 Å². The summed E-state index contributed by atoms with van der Waals surface area (Å²) >= 11 is 0. The van der Waals surface area contributed by atoms with Crippen molar-refractivity contribution in [1.82, 2.24) is 0 Å². The van der Waals surface area contributed by atoms with E-state index in [1.807, 2.05) is 31.2 Å². The van der Waals surface area contributed by atoms with Crippen LogP contribution in [-0.4, -0.2) is 31.5 Å². The van der Waals surface area contributed by atoms with Crippen LogP contribution in [-0.2, 0) is 0 Å². The first-order valence-electron chi connectivity index (χ1n) is 6.55. The van der Waals surface area contributed by atoms with Crippen molar-refractivity contribution in [2.45, 2.75) is 6.92 Å². The molecule has 4 nitrogen and oxygen atoms in total. The van der Waals surface area contributed by atoms with Crippen LogP contribution in [0.3, 0.4) is 0 Å². The lowest BCUT2D eigenvalue weighted by atomic mass is 9.93. The summed E-state index contributed by atoms with van der Waals surface area (Å²) in [5, 5.41) is 9.48. The highest BCUT2D eigenvalue weighted by Crippen LogP contribution is 2.32. The molecule has 0 atom stereocenters. The summed E-state index contributed by atoms with van der Waals surface area (Å²) in [7, 11) is 3.56. The molecule has 0 aromatic heterocycles. The van der Waals surface area contributed by atoms with Gasteiger partial charge in [-0.25, -0.2) is 4.79 Å². The number of aldehydes is 1. The van der Waals surface area contributed by atoms with E-state index in [1.165, 1.54) is 0 Å². The van der Waals surface area contributed by atoms with Crippen molar-refractivity contribution < 1.29 is 14.7 Å². The summed E-state index contributed by atoms with van der Waals surface area (Å²) in [4.78, 5) is 24.6. The van der Waals surface area contributed by atoms with Crippen molar-refractivity contribution >= 4 is 17.9 Å². The van der Waals surface area contributed by atoms with Gasteiger partial charge in [0.25, 0.3) is 0 Å². The number of carboxylic acids is 1. The van der Waals surface area contributed by atoms with Crippen LogP contribution in [0.5, 0.6) is 0 Å². The molecule has 0 bridgehead atoms. The van der Waals surface area contributed by atoms with Crippen LogP contribution in [0, 0.1) is 6.92 Å². The molecule has 0 aliphatic carbocycles. The predicted octanol–water partition coefficient (Wildman–Crippen LogP) is 3.24. The molecule has 0 unspecified atom stereocenters. The number of nitrogens with zero attached hydrogens (tertiary/aromatic N) is 1. The van der Waals surface area contributed by atoms with Gasteiger partial charge >= 0.3 is 5.97 Å². The number of hydrogen-bond acceptors (Lipinski definition) is 3. The second-order valence-electron chi connectivity index (χ2n) is 5.09. The highest BCUT2D eigenvalue weighted by atomic mass is 16.4. The van der Waals surface area contributed by atoms with Crippen molar-refractivity contribution in [3.05, 3.63) is 53.1 Å². The molecular formula is C17H17NO3. The minimum Gasteiger partial charge on any atom is -0.478 e. The average molecular weight is 283 g/mol. The molecule has 0 amide bonds. The minimum absolute atomic E-state index is 0.193. The summed E-state index contributed by atoms with van der Waals surface area (Å²) < 4.78 is 0. The molecule has 21 heavy (non-hydrogen) atoms. The molecular weight excluding hydrogens is 266 g/mol. The maximum atomic E-state index is 11.6. The normalized spacial score (nSPS) is 10.2. The van der Waals surface area contributed by atoms with Gasteiger partial charge in [-0.15, -0.1) is 0 Å². The molecule has 2 aromatic carbocycles. The zero-order valence-corrected chi connectivity index (χ0v) is 12.3. The smallest absolute Gasteiger partial charge is 0.336 e. The Morgan fingerprint density at radius 3 is 2.33 bits per heavy atom. The van der Waals surface area contributed by atoms with Gasteiger partial charge in [0.05, 0.1) is 5.56 Å². The van der Waals surface area contributed by atoms with E-state index in [1.54, 1.807) is 31.1 Å². The van der Waals surface area contributed by atoms with Crippen LogP contribution in [0.15, 0.2) is 36.4 Å². The summed E-state index contributed by atoms with van der Waals surface area (Å²) in [5.41, 5.74) is 3.62. The van der Waals surface area contributed by atoms with Crippen molar-refractivity contribution in [2.24, 2.45) is 0 Å². The number of aromatic carboxylic acids is 1. The zero-order chi connectivity index (χ0) is 15.6. The topological polar surface area (TPSA) is 57.6 Å². The second-order valence-corrected chi connectivity index (χ2v) is 5.09. The first kappa shape index (κ1) is 14.8. The zero-order valence-electron chi connectivity index (χ0n) is 12.3. The van der Waals surface area contributed by atoms with Crippen LogP contribution in [0.25, 0.3) is 11.1 Å². The number of rotatable bonds is 4. The Labute approximate surface area is 123 Å². The van der Waals surface area contributed by atoms with Gasteiger partial charge in [-0.3, -0.25) is 4.79 Å². The molecule has 0 saturated carbocycles. The van der Waals surface area contributed by atoms with E-state index in [2.05, 4.69) is 0 Å². The predicted molar refractivity (Wildman–Crippen MR) is 83.3 cm³/mol. The average Bonchev–Trinajstić information content (AvgIpc) is 2.46.